The van der Waals surface area contributed by atoms with Gasteiger partial charge in [-0.1, -0.05) is 18.7 Å². The molecule has 3 N–H and O–H groups in total. The first-order valence-electron chi connectivity index (χ1n) is 3.98. The lowest BCUT2D eigenvalue weighted by Gasteiger charge is -2.01. The Morgan fingerprint density at radius 2 is 2.46 bits per heavy atom. The van der Waals surface area contributed by atoms with Crippen molar-refractivity contribution in [2.75, 3.05) is 0 Å². The summed E-state index contributed by atoms with van der Waals surface area (Å²) in [5.41, 5.74) is 7.12. The third-order valence-electron chi connectivity index (χ3n) is 1.60. The van der Waals surface area contributed by atoms with E-state index in [1.165, 1.54) is 6.08 Å². The van der Waals surface area contributed by atoms with Crippen molar-refractivity contribution in [3.05, 3.63) is 48.4 Å². The number of carbonyl (C=O) groups excluding carboxylic acids is 1. The molecule has 0 saturated heterocycles. The van der Waals surface area contributed by atoms with E-state index < -0.39 is 0 Å². The summed E-state index contributed by atoms with van der Waals surface area (Å²) in [5.74, 6) is -0.212. The zero-order valence-corrected chi connectivity index (χ0v) is 7.29. The van der Waals surface area contributed by atoms with Crippen LogP contribution in [0.4, 0.5) is 0 Å². The molecule has 3 heteroatoms. The minimum absolute atomic E-state index is 0.212. The van der Waals surface area contributed by atoms with E-state index in [2.05, 4.69) is 11.9 Å². The summed E-state index contributed by atoms with van der Waals surface area (Å²) in [5, 5.41) is 2.66. The van der Waals surface area contributed by atoms with Crippen LogP contribution in [0.5, 0.6) is 0 Å². The van der Waals surface area contributed by atoms with Crippen molar-refractivity contribution >= 4 is 5.91 Å². The molecule has 0 aromatic carbocycles. The number of nitrogens with two attached hydrogens (primary N) is 1. The Morgan fingerprint density at radius 1 is 1.69 bits per heavy atom. The lowest BCUT2D eigenvalue weighted by Crippen LogP contribution is -2.18. The van der Waals surface area contributed by atoms with Gasteiger partial charge < -0.3 is 11.1 Å². The second kappa shape index (κ2) is 4.30. The molecule has 1 aliphatic carbocycles. The highest BCUT2D eigenvalue weighted by molar-refractivity contribution is 5.88. The minimum atomic E-state index is -0.212. The Balaban J connectivity index is 2.63. The maximum Gasteiger partial charge on any atom is 0.247 e. The molecule has 1 amide bonds. The molecule has 0 heterocycles. The van der Waals surface area contributed by atoms with Gasteiger partial charge in [0, 0.05) is 17.8 Å². The number of hydrogen-bond donors (Lipinski definition) is 2. The average Bonchev–Trinajstić information content (AvgIpc) is 2.31. The van der Waals surface area contributed by atoms with Gasteiger partial charge >= 0.3 is 0 Å². The van der Waals surface area contributed by atoms with Crippen molar-refractivity contribution in [3.63, 3.8) is 0 Å². The molecule has 0 aromatic rings. The quantitative estimate of drug-likeness (QED) is 0.616. The molecule has 0 spiro atoms. The first-order chi connectivity index (χ1) is 6.22. The highest BCUT2D eigenvalue weighted by Crippen LogP contribution is 2.05. The second-order valence-electron chi connectivity index (χ2n) is 2.66. The molecule has 0 atom stereocenters. The summed E-state index contributed by atoms with van der Waals surface area (Å²) < 4.78 is 0. The van der Waals surface area contributed by atoms with Gasteiger partial charge in [-0.3, -0.25) is 4.79 Å². The normalized spacial score (nSPS) is 15.4. The fourth-order valence-corrected chi connectivity index (χ4v) is 0.925. The molecule has 0 bridgehead atoms. The van der Waals surface area contributed by atoms with E-state index in [-0.39, 0.29) is 5.91 Å². The van der Waals surface area contributed by atoms with Gasteiger partial charge in [0.05, 0.1) is 0 Å². The van der Waals surface area contributed by atoms with Gasteiger partial charge in [0.25, 0.3) is 0 Å². The minimum Gasteiger partial charge on any atom is -0.402 e. The number of hydrogen-bond acceptors (Lipinski definition) is 2. The molecule has 0 saturated carbocycles. The lowest BCUT2D eigenvalue weighted by atomic mass is 10.3. The topological polar surface area (TPSA) is 55.1 Å². The van der Waals surface area contributed by atoms with Crippen LogP contribution < -0.4 is 11.1 Å². The number of amides is 1. The van der Waals surface area contributed by atoms with Crippen LogP contribution in [0.2, 0.25) is 0 Å². The highest BCUT2D eigenvalue weighted by atomic mass is 16.1. The molecule has 13 heavy (non-hydrogen) atoms. The molecule has 0 fully saturated rings. The Hall–Kier alpha value is -1.77. The van der Waals surface area contributed by atoms with E-state index in [0.717, 1.165) is 11.4 Å². The van der Waals surface area contributed by atoms with Crippen molar-refractivity contribution in [1.82, 2.24) is 5.32 Å². The summed E-state index contributed by atoms with van der Waals surface area (Å²) in [4.78, 5) is 10.9. The van der Waals surface area contributed by atoms with E-state index >= 15 is 0 Å². The van der Waals surface area contributed by atoms with Crippen LogP contribution in [-0.4, -0.2) is 5.91 Å². The molecule has 0 aliphatic heterocycles. The number of allylic oxidation sites excluding steroid dienone is 4. The molecule has 0 radical (unpaired) electrons. The van der Waals surface area contributed by atoms with Crippen molar-refractivity contribution < 1.29 is 4.79 Å². The van der Waals surface area contributed by atoms with Crippen molar-refractivity contribution in [2.24, 2.45) is 5.73 Å². The zero-order chi connectivity index (χ0) is 9.68. The van der Waals surface area contributed by atoms with E-state index in [9.17, 15) is 4.79 Å². The molecule has 0 aromatic heterocycles. The average molecular weight is 176 g/mol. The Morgan fingerprint density at radius 3 is 3.15 bits per heavy atom. The third-order valence-corrected chi connectivity index (χ3v) is 1.60. The molecule has 3 nitrogen and oxygen atoms in total. The number of carbonyl (C=O) groups is 1. The van der Waals surface area contributed by atoms with Gasteiger partial charge in [0.15, 0.2) is 0 Å². The number of rotatable bonds is 2. The second-order valence-corrected chi connectivity index (χ2v) is 2.66. The van der Waals surface area contributed by atoms with Crippen molar-refractivity contribution in [1.29, 1.82) is 0 Å². The summed E-state index contributed by atoms with van der Waals surface area (Å²) in [6.45, 7) is 3.36. The standard InChI is InChI=1S/C10H12N2O/c1-2-10(13)12-9-5-3-4-8(11)6-7-9/h2-5,7H,1,6,11H2,(H,12,13). The predicted molar refractivity (Wildman–Crippen MR) is 52.5 cm³/mol. The van der Waals surface area contributed by atoms with Crippen LogP contribution in [0, 0.1) is 0 Å². The molecular formula is C10H12N2O. The van der Waals surface area contributed by atoms with Crippen molar-refractivity contribution in [2.45, 2.75) is 6.42 Å². The smallest absolute Gasteiger partial charge is 0.247 e. The van der Waals surface area contributed by atoms with E-state index in [1.807, 2.05) is 12.2 Å². The van der Waals surface area contributed by atoms with Crippen LogP contribution >= 0.6 is 0 Å². The fourth-order valence-electron chi connectivity index (χ4n) is 0.925. The predicted octanol–water partition coefficient (Wildman–Crippen LogP) is 0.975. The monoisotopic (exact) mass is 176 g/mol. The molecule has 1 rings (SSSR count). The molecule has 68 valence electrons. The van der Waals surface area contributed by atoms with Crippen LogP contribution in [0.3, 0.4) is 0 Å². The summed E-state index contributed by atoms with van der Waals surface area (Å²) in [7, 11) is 0. The van der Waals surface area contributed by atoms with Crippen LogP contribution in [0.25, 0.3) is 0 Å². The first-order valence-corrected chi connectivity index (χ1v) is 3.98. The van der Waals surface area contributed by atoms with Gasteiger partial charge in [0.2, 0.25) is 5.91 Å². The van der Waals surface area contributed by atoms with Crippen molar-refractivity contribution in [3.8, 4) is 0 Å². The van der Waals surface area contributed by atoms with E-state index in [1.54, 1.807) is 12.2 Å². The zero-order valence-electron chi connectivity index (χ0n) is 7.29. The number of nitrogens with one attached hydrogen (secondary N) is 1. The van der Waals surface area contributed by atoms with Crippen LogP contribution in [0.1, 0.15) is 6.42 Å². The van der Waals surface area contributed by atoms with Gasteiger partial charge in [0.1, 0.15) is 0 Å². The van der Waals surface area contributed by atoms with E-state index in [4.69, 9.17) is 5.73 Å². The van der Waals surface area contributed by atoms with Gasteiger partial charge in [-0.2, -0.15) is 0 Å². The van der Waals surface area contributed by atoms with Crippen LogP contribution in [-0.2, 0) is 4.79 Å². The largest absolute Gasteiger partial charge is 0.402 e. The molecule has 1 aliphatic rings. The Kier molecular flexibility index (Phi) is 3.09. The van der Waals surface area contributed by atoms with Gasteiger partial charge in [-0.25, -0.2) is 0 Å². The van der Waals surface area contributed by atoms with Gasteiger partial charge in [-0.15, -0.1) is 0 Å². The maximum absolute atomic E-state index is 10.9. The van der Waals surface area contributed by atoms with Gasteiger partial charge in [-0.05, 0) is 18.2 Å². The Labute approximate surface area is 77.3 Å². The lowest BCUT2D eigenvalue weighted by molar-refractivity contribution is -0.115. The SMILES string of the molecule is C=CC(=O)NC1=CCC(N)=CC=C1. The maximum atomic E-state index is 10.9. The summed E-state index contributed by atoms with van der Waals surface area (Å²) >= 11 is 0. The Bertz CT molecular complexity index is 311. The molecule has 0 unspecified atom stereocenters. The van der Waals surface area contributed by atoms with E-state index in [0.29, 0.717) is 6.42 Å². The fraction of sp³-hybridized carbons (Fsp3) is 0.100. The summed E-state index contributed by atoms with van der Waals surface area (Å²) in [6, 6.07) is 0. The summed E-state index contributed by atoms with van der Waals surface area (Å²) in [6.07, 6.45) is 9.15. The highest BCUT2D eigenvalue weighted by Gasteiger charge is 1.99. The van der Waals surface area contributed by atoms with Crippen LogP contribution in [0.15, 0.2) is 48.4 Å². The third kappa shape index (κ3) is 2.99. The first kappa shape index (κ1) is 9.32. The molecular weight excluding hydrogens is 164 g/mol.